The molecule has 0 aliphatic heterocycles. The minimum absolute atomic E-state index is 0.0851. The molecule has 0 spiro atoms. The standard InChI is InChI=1S/C25H23F3O/c1-3-5-20-13-10-18(16-22(20)26)7-6-17-8-11-19(12-9-17)21-14-15-23(29-4-2)25(28)24(21)27/h3,5,8-16H,4,6-7H2,1-2H3. The molecule has 150 valence electrons. The van der Waals surface area contributed by atoms with E-state index in [0.29, 0.717) is 17.5 Å². The normalized spacial score (nSPS) is 11.2. The summed E-state index contributed by atoms with van der Waals surface area (Å²) in [5, 5.41) is 0. The van der Waals surface area contributed by atoms with E-state index in [9.17, 15) is 13.2 Å². The Morgan fingerprint density at radius 1 is 0.828 bits per heavy atom. The van der Waals surface area contributed by atoms with Crippen molar-refractivity contribution in [2.45, 2.75) is 26.7 Å². The first kappa shape index (κ1) is 20.7. The van der Waals surface area contributed by atoms with Gasteiger partial charge in [-0.1, -0.05) is 48.6 Å². The lowest BCUT2D eigenvalue weighted by molar-refractivity contribution is 0.314. The van der Waals surface area contributed by atoms with Gasteiger partial charge in [-0.2, -0.15) is 4.39 Å². The molecule has 3 aromatic carbocycles. The molecule has 0 aliphatic carbocycles. The first-order valence-electron chi connectivity index (χ1n) is 9.64. The summed E-state index contributed by atoms with van der Waals surface area (Å²) in [6.07, 6.45) is 4.96. The molecule has 1 nitrogen and oxygen atoms in total. The van der Waals surface area contributed by atoms with Gasteiger partial charge >= 0.3 is 0 Å². The molecule has 0 unspecified atom stereocenters. The second-order valence-electron chi connectivity index (χ2n) is 6.73. The van der Waals surface area contributed by atoms with Crippen molar-refractivity contribution in [3.05, 3.63) is 94.8 Å². The Morgan fingerprint density at radius 3 is 2.17 bits per heavy atom. The zero-order chi connectivity index (χ0) is 20.8. The van der Waals surface area contributed by atoms with Crippen LogP contribution in [0.15, 0.2) is 60.7 Å². The summed E-state index contributed by atoms with van der Waals surface area (Å²) < 4.78 is 47.6. The van der Waals surface area contributed by atoms with Crippen molar-refractivity contribution < 1.29 is 17.9 Å². The third kappa shape index (κ3) is 4.89. The second-order valence-corrected chi connectivity index (χ2v) is 6.73. The average molecular weight is 396 g/mol. The highest BCUT2D eigenvalue weighted by molar-refractivity contribution is 5.65. The van der Waals surface area contributed by atoms with Crippen molar-refractivity contribution in [2.75, 3.05) is 6.61 Å². The van der Waals surface area contributed by atoms with Gasteiger partial charge in [0.25, 0.3) is 0 Å². The molecule has 0 N–H and O–H groups in total. The van der Waals surface area contributed by atoms with E-state index in [4.69, 9.17) is 4.74 Å². The Morgan fingerprint density at radius 2 is 1.52 bits per heavy atom. The smallest absolute Gasteiger partial charge is 0.201 e. The highest BCUT2D eigenvalue weighted by atomic mass is 19.2. The summed E-state index contributed by atoms with van der Waals surface area (Å²) >= 11 is 0. The highest BCUT2D eigenvalue weighted by Gasteiger charge is 2.15. The minimum Gasteiger partial charge on any atom is -0.491 e. The predicted octanol–water partition coefficient (Wildman–Crippen LogP) is 6.99. The monoisotopic (exact) mass is 396 g/mol. The number of allylic oxidation sites excluding steroid dienone is 1. The molecule has 4 heteroatoms. The van der Waals surface area contributed by atoms with Crippen LogP contribution < -0.4 is 4.74 Å². The zero-order valence-electron chi connectivity index (χ0n) is 16.5. The fourth-order valence-electron chi connectivity index (χ4n) is 3.20. The summed E-state index contributed by atoms with van der Waals surface area (Å²) in [6.45, 7) is 3.84. The third-order valence-corrected chi connectivity index (χ3v) is 4.73. The van der Waals surface area contributed by atoms with Gasteiger partial charge < -0.3 is 4.74 Å². The van der Waals surface area contributed by atoms with Crippen molar-refractivity contribution in [3.8, 4) is 16.9 Å². The van der Waals surface area contributed by atoms with Crippen LogP contribution in [0.2, 0.25) is 0 Å². The van der Waals surface area contributed by atoms with E-state index in [1.807, 2.05) is 25.1 Å². The fraction of sp³-hybridized carbons (Fsp3) is 0.200. The molecule has 29 heavy (non-hydrogen) atoms. The van der Waals surface area contributed by atoms with E-state index in [-0.39, 0.29) is 23.7 Å². The molecule has 0 aliphatic rings. The molecule has 0 radical (unpaired) electrons. The molecule has 0 aromatic heterocycles. The molecular formula is C25H23F3O. The zero-order valence-corrected chi connectivity index (χ0v) is 16.5. The molecule has 0 heterocycles. The van der Waals surface area contributed by atoms with Gasteiger partial charge in [0.15, 0.2) is 11.6 Å². The van der Waals surface area contributed by atoms with Gasteiger partial charge in [-0.25, -0.2) is 8.78 Å². The van der Waals surface area contributed by atoms with Gasteiger partial charge in [0, 0.05) is 11.1 Å². The topological polar surface area (TPSA) is 9.23 Å². The molecular weight excluding hydrogens is 373 g/mol. The Balaban J connectivity index is 1.71. The van der Waals surface area contributed by atoms with Crippen LogP contribution in [0.5, 0.6) is 5.75 Å². The highest BCUT2D eigenvalue weighted by Crippen LogP contribution is 2.30. The second kappa shape index (κ2) is 9.46. The van der Waals surface area contributed by atoms with Crippen LogP contribution in [0.4, 0.5) is 13.2 Å². The molecule has 0 bridgehead atoms. The average Bonchev–Trinajstić information content (AvgIpc) is 2.73. The number of ether oxygens (including phenoxy) is 1. The minimum atomic E-state index is -0.975. The van der Waals surface area contributed by atoms with E-state index in [0.717, 1.165) is 17.5 Å². The molecule has 0 fully saturated rings. The third-order valence-electron chi connectivity index (χ3n) is 4.73. The van der Waals surface area contributed by atoms with Crippen LogP contribution >= 0.6 is 0 Å². The van der Waals surface area contributed by atoms with Crippen molar-refractivity contribution in [2.24, 2.45) is 0 Å². The van der Waals surface area contributed by atoms with Gasteiger partial charge in [-0.15, -0.1) is 0 Å². The number of hydrogen-bond donors (Lipinski definition) is 0. The maximum absolute atomic E-state index is 14.4. The van der Waals surface area contributed by atoms with E-state index in [2.05, 4.69) is 0 Å². The van der Waals surface area contributed by atoms with Crippen LogP contribution in [0.25, 0.3) is 17.2 Å². The molecule has 0 amide bonds. The lowest BCUT2D eigenvalue weighted by Crippen LogP contribution is -1.98. The van der Waals surface area contributed by atoms with Crippen LogP contribution in [-0.4, -0.2) is 6.61 Å². The SMILES string of the molecule is CC=Cc1ccc(CCc2ccc(-c3ccc(OCC)c(F)c3F)cc2)cc1F. The summed E-state index contributed by atoms with van der Waals surface area (Å²) in [7, 11) is 0. The maximum Gasteiger partial charge on any atom is 0.201 e. The molecule has 0 saturated heterocycles. The Bertz CT molecular complexity index is 1010. The largest absolute Gasteiger partial charge is 0.491 e. The van der Waals surface area contributed by atoms with Gasteiger partial charge in [0.2, 0.25) is 5.82 Å². The fourth-order valence-corrected chi connectivity index (χ4v) is 3.20. The van der Waals surface area contributed by atoms with E-state index in [1.54, 1.807) is 43.3 Å². The van der Waals surface area contributed by atoms with Crippen LogP contribution in [0.3, 0.4) is 0 Å². The lowest BCUT2D eigenvalue weighted by atomic mass is 9.99. The quantitative estimate of drug-likeness (QED) is 0.418. The Kier molecular flexibility index (Phi) is 6.76. The van der Waals surface area contributed by atoms with Gasteiger partial charge in [-0.3, -0.25) is 0 Å². The van der Waals surface area contributed by atoms with Crippen LogP contribution in [0, 0.1) is 17.5 Å². The summed E-state index contributed by atoms with van der Waals surface area (Å²) in [4.78, 5) is 0. The van der Waals surface area contributed by atoms with Crippen LogP contribution in [0.1, 0.15) is 30.5 Å². The van der Waals surface area contributed by atoms with Crippen LogP contribution in [-0.2, 0) is 12.8 Å². The number of hydrogen-bond acceptors (Lipinski definition) is 1. The van der Waals surface area contributed by atoms with Gasteiger partial charge in [-0.05, 0) is 61.6 Å². The van der Waals surface area contributed by atoms with Crippen molar-refractivity contribution in [1.29, 1.82) is 0 Å². The van der Waals surface area contributed by atoms with E-state index >= 15 is 0 Å². The van der Waals surface area contributed by atoms with Crippen molar-refractivity contribution in [3.63, 3.8) is 0 Å². The maximum atomic E-state index is 14.4. The van der Waals surface area contributed by atoms with Crippen molar-refractivity contribution in [1.82, 2.24) is 0 Å². The van der Waals surface area contributed by atoms with E-state index in [1.165, 1.54) is 12.1 Å². The number of rotatable bonds is 7. The number of benzene rings is 3. The Labute approximate surface area is 169 Å². The molecule has 3 aromatic rings. The summed E-state index contributed by atoms with van der Waals surface area (Å²) in [5.41, 5.74) is 3.32. The summed E-state index contributed by atoms with van der Waals surface area (Å²) in [6, 6.07) is 15.5. The molecule has 0 atom stereocenters. The first-order valence-corrected chi connectivity index (χ1v) is 9.64. The number of halogens is 3. The number of aryl methyl sites for hydroxylation is 2. The van der Waals surface area contributed by atoms with Gasteiger partial charge in [0.05, 0.1) is 6.61 Å². The van der Waals surface area contributed by atoms with E-state index < -0.39 is 11.6 Å². The molecule has 3 rings (SSSR count). The predicted molar refractivity (Wildman–Crippen MR) is 111 cm³/mol. The van der Waals surface area contributed by atoms with Gasteiger partial charge in [0.1, 0.15) is 5.82 Å². The molecule has 0 saturated carbocycles. The first-order chi connectivity index (χ1) is 14.0. The lowest BCUT2D eigenvalue weighted by Gasteiger charge is -2.10. The Hall–Kier alpha value is -3.01. The summed E-state index contributed by atoms with van der Waals surface area (Å²) in [5.74, 6) is -2.21. The van der Waals surface area contributed by atoms with Crippen molar-refractivity contribution >= 4 is 6.08 Å².